The van der Waals surface area contributed by atoms with Crippen LogP contribution in [0.3, 0.4) is 0 Å². The highest BCUT2D eigenvalue weighted by molar-refractivity contribution is 5.93. The number of fused-ring (bicyclic) bond motifs is 1. The number of aliphatic carboxylic acids is 1. The zero-order valence-corrected chi connectivity index (χ0v) is 9.66. The molecule has 1 unspecified atom stereocenters. The fourth-order valence-corrected chi connectivity index (χ4v) is 2.38. The third-order valence-corrected chi connectivity index (χ3v) is 3.58. The molecule has 0 aliphatic heterocycles. The van der Waals surface area contributed by atoms with Crippen molar-refractivity contribution >= 4 is 12.0 Å². The Morgan fingerprint density at radius 2 is 2.12 bits per heavy atom. The first-order valence-corrected chi connectivity index (χ1v) is 5.60. The third kappa shape index (κ3) is 1.64. The van der Waals surface area contributed by atoms with E-state index in [-0.39, 0.29) is 5.41 Å². The van der Waals surface area contributed by atoms with Crippen LogP contribution in [0.4, 0.5) is 0 Å². The Bertz CT molecular complexity index is 460. The lowest BCUT2D eigenvalue weighted by Crippen LogP contribution is -2.27. The summed E-state index contributed by atoms with van der Waals surface area (Å²) in [5.41, 5.74) is 2.79. The Hall–Kier alpha value is -1.57. The fourth-order valence-electron chi connectivity index (χ4n) is 2.38. The number of carboxylic acid groups (broad SMARTS) is 1. The highest BCUT2D eigenvalue weighted by atomic mass is 16.4. The molecule has 0 amide bonds. The molecular weight excluding hydrogens is 200 g/mol. The van der Waals surface area contributed by atoms with Crippen LogP contribution in [0.5, 0.6) is 0 Å². The number of rotatable bonds is 2. The Labute approximate surface area is 95.6 Å². The van der Waals surface area contributed by atoms with Gasteiger partial charge in [0.15, 0.2) is 0 Å². The first kappa shape index (κ1) is 10.9. The van der Waals surface area contributed by atoms with Gasteiger partial charge in [-0.15, -0.1) is 0 Å². The molecule has 0 radical (unpaired) electrons. The second-order valence-electron chi connectivity index (χ2n) is 4.65. The first-order chi connectivity index (χ1) is 7.57. The molecular formula is C14H16O2. The van der Waals surface area contributed by atoms with E-state index in [0.29, 0.717) is 12.0 Å². The molecule has 1 N–H and O–H groups in total. The second kappa shape index (κ2) is 3.78. The van der Waals surface area contributed by atoms with Crippen molar-refractivity contribution in [2.75, 3.05) is 0 Å². The molecule has 1 aromatic carbocycles. The van der Waals surface area contributed by atoms with E-state index in [0.717, 1.165) is 12.0 Å². The molecule has 1 aliphatic rings. The third-order valence-electron chi connectivity index (χ3n) is 3.58. The zero-order chi connectivity index (χ0) is 11.8. The van der Waals surface area contributed by atoms with Crippen LogP contribution in [-0.2, 0) is 10.2 Å². The molecule has 0 saturated heterocycles. The van der Waals surface area contributed by atoms with E-state index in [1.807, 2.05) is 18.2 Å². The van der Waals surface area contributed by atoms with Crippen molar-refractivity contribution in [2.45, 2.75) is 32.1 Å². The van der Waals surface area contributed by atoms with Crippen LogP contribution in [0, 0.1) is 0 Å². The summed E-state index contributed by atoms with van der Waals surface area (Å²) < 4.78 is 0. The Balaban J connectivity index is 2.58. The van der Waals surface area contributed by atoms with Gasteiger partial charge in [0.05, 0.1) is 0 Å². The molecule has 2 heteroatoms. The molecule has 1 atom stereocenters. The number of benzene rings is 1. The van der Waals surface area contributed by atoms with E-state index in [9.17, 15) is 4.79 Å². The van der Waals surface area contributed by atoms with Crippen LogP contribution in [0.15, 0.2) is 29.8 Å². The number of hydrogen-bond acceptors (Lipinski definition) is 1. The van der Waals surface area contributed by atoms with Gasteiger partial charge in [0.1, 0.15) is 0 Å². The van der Waals surface area contributed by atoms with Crippen molar-refractivity contribution in [3.63, 3.8) is 0 Å². The van der Waals surface area contributed by atoms with Crippen LogP contribution in [0.2, 0.25) is 0 Å². The minimum absolute atomic E-state index is 0.0426. The zero-order valence-electron chi connectivity index (χ0n) is 9.66. The average molecular weight is 216 g/mol. The molecule has 0 aromatic heterocycles. The van der Waals surface area contributed by atoms with E-state index < -0.39 is 5.97 Å². The van der Waals surface area contributed by atoms with Gasteiger partial charge >= 0.3 is 5.97 Å². The van der Waals surface area contributed by atoms with Gasteiger partial charge in [-0.05, 0) is 35.5 Å². The molecule has 0 bridgehead atoms. The standard InChI is InChI=1S/C14H16O2/c1-3-14(2)9-11(13(15)16)8-10-6-4-5-7-12(10)14/h4-8H,3,9H2,1-2H3,(H,15,16). The SMILES string of the molecule is CCC1(C)CC(C(=O)O)=Cc2ccccc21. The van der Waals surface area contributed by atoms with Gasteiger partial charge in [0.2, 0.25) is 0 Å². The van der Waals surface area contributed by atoms with Gasteiger partial charge in [-0.1, -0.05) is 38.1 Å². The minimum Gasteiger partial charge on any atom is -0.478 e. The largest absolute Gasteiger partial charge is 0.478 e. The minimum atomic E-state index is -0.797. The maximum Gasteiger partial charge on any atom is 0.331 e. The predicted molar refractivity (Wildman–Crippen MR) is 64.3 cm³/mol. The molecule has 0 heterocycles. The van der Waals surface area contributed by atoms with E-state index in [4.69, 9.17) is 5.11 Å². The monoisotopic (exact) mass is 216 g/mol. The molecule has 0 saturated carbocycles. The molecule has 1 aliphatic carbocycles. The Kier molecular flexibility index (Phi) is 2.58. The van der Waals surface area contributed by atoms with Crippen LogP contribution < -0.4 is 0 Å². The number of carbonyl (C=O) groups is 1. The van der Waals surface area contributed by atoms with Gasteiger partial charge < -0.3 is 5.11 Å². The Morgan fingerprint density at radius 3 is 2.75 bits per heavy atom. The smallest absolute Gasteiger partial charge is 0.331 e. The summed E-state index contributed by atoms with van der Waals surface area (Å²) in [5.74, 6) is -0.797. The summed E-state index contributed by atoms with van der Waals surface area (Å²) >= 11 is 0. The number of carboxylic acids is 1. The molecule has 1 aromatic rings. The van der Waals surface area contributed by atoms with E-state index in [1.54, 1.807) is 6.08 Å². The van der Waals surface area contributed by atoms with Crippen molar-refractivity contribution in [1.82, 2.24) is 0 Å². The van der Waals surface area contributed by atoms with Gasteiger partial charge in [-0.3, -0.25) is 0 Å². The van der Waals surface area contributed by atoms with Crippen LogP contribution in [0.25, 0.3) is 6.08 Å². The van der Waals surface area contributed by atoms with Crippen molar-refractivity contribution in [2.24, 2.45) is 0 Å². The molecule has 2 nitrogen and oxygen atoms in total. The highest BCUT2D eigenvalue weighted by Crippen LogP contribution is 2.40. The summed E-state index contributed by atoms with van der Waals surface area (Å²) in [5, 5.41) is 9.12. The van der Waals surface area contributed by atoms with Crippen LogP contribution in [-0.4, -0.2) is 11.1 Å². The van der Waals surface area contributed by atoms with Crippen molar-refractivity contribution in [1.29, 1.82) is 0 Å². The summed E-state index contributed by atoms with van der Waals surface area (Å²) in [7, 11) is 0. The van der Waals surface area contributed by atoms with Gasteiger partial charge in [0.25, 0.3) is 0 Å². The highest BCUT2D eigenvalue weighted by Gasteiger charge is 2.32. The number of hydrogen-bond donors (Lipinski definition) is 1. The Morgan fingerprint density at radius 1 is 1.44 bits per heavy atom. The summed E-state index contributed by atoms with van der Waals surface area (Å²) in [6.07, 6.45) is 3.37. The molecule has 84 valence electrons. The maximum atomic E-state index is 11.1. The van der Waals surface area contributed by atoms with Crippen LogP contribution >= 0.6 is 0 Å². The van der Waals surface area contributed by atoms with Crippen molar-refractivity contribution in [3.05, 3.63) is 41.0 Å². The molecule has 16 heavy (non-hydrogen) atoms. The summed E-state index contributed by atoms with van der Waals surface area (Å²) in [6, 6.07) is 8.07. The second-order valence-corrected chi connectivity index (χ2v) is 4.65. The summed E-state index contributed by atoms with van der Waals surface area (Å²) in [4.78, 5) is 11.1. The van der Waals surface area contributed by atoms with Crippen molar-refractivity contribution in [3.8, 4) is 0 Å². The molecule has 0 spiro atoms. The lowest BCUT2D eigenvalue weighted by atomic mass is 9.70. The van der Waals surface area contributed by atoms with Crippen molar-refractivity contribution < 1.29 is 9.90 Å². The van der Waals surface area contributed by atoms with Gasteiger partial charge in [0, 0.05) is 5.57 Å². The first-order valence-electron chi connectivity index (χ1n) is 5.60. The molecule has 2 rings (SSSR count). The van der Waals surface area contributed by atoms with Gasteiger partial charge in [-0.2, -0.15) is 0 Å². The van der Waals surface area contributed by atoms with Crippen LogP contribution in [0.1, 0.15) is 37.8 Å². The lowest BCUT2D eigenvalue weighted by Gasteiger charge is -2.34. The van der Waals surface area contributed by atoms with Gasteiger partial charge in [-0.25, -0.2) is 4.79 Å². The average Bonchev–Trinajstić information content (AvgIpc) is 2.29. The normalized spacial score (nSPS) is 23.5. The fraction of sp³-hybridized carbons (Fsp3) is 0.357. The maximum absolute atomic E-state index is 11.1. The van der Waals surface area contributed by atoms with E-state index in [2.05, 4.69) is 19.9 Å². The predicted octanol–water partition coefficient (Wildman–Crippen LogP) is 3.23. The topological polar surface area (TPSA) is 37.3 Å². The van der Waals surface area contributed by atoms with E-state index >= 15 is 0 Å². The quantitative estimate of drug-likeness (QED) is 0.824. The van der Waals surface area contributed by atoms with E-state index in [1.165, 1.54) is 5.56 Å². The molecule has 0 fully saturated rings. The lowest BCUT2D eigenvalue weighted by molar-refractivity contribution is -0.132. The summed E-state index contributed by atoms with van der Waals surface area (Å²) in [6.45, 7) is 4.25.